The molecule has 2 rings (SSSR count). The Bertz CT molecular complexity index is 428. The Labute approximate surface area is 135 Å². The van der Waals surface area contributed by atoms with Crippen molar-refractivity contribution in [1.29, 1.82) is 0 Å². The van der Waals surface area contributed by atoms with Crippen LogP contribution in [-0.4, -0.2) is 37.0 Å². The van der Waals surface area contributed by atoms with Gasteiger partial charge in [0.05, 0.1) is 0 Å². The molecule has 1 fully saturated rings. The molecule has 0 saturated carbocycles. The molecule has 1 aromatic rings. The van der Waals surface area contributed by atoms with Crippen molar-refractivity contribution in [2.24, 2.45) is 0 Å². The maximum atomic E-state index is 12.0. The molecule has 1 aromatic carbocycles. The summed E-state index contributed by atoms with van der Waals surface area (Å²) in [6.07, 6.45) is 6.44. The van der Waals surface area contributed by atoms with E-state index < -0.39 is 0 Å². The fourth-order valence-electron chi connectivity index (χ4n) is 2.60. The molecule has 0 spiro atoms. The van der Waals surface area contributed by atoms with E-state index in [1.807, 2.05) is 24.3 Å². The van der Waals surface area contributed by atoms with Crippen molar-refractivity contribution in [2.75, 3.05) is 26.2 Å². The topological polar surface area (TPSA) is 32.3 Å². The van der Waals surface area contributed by atoms with E-state index in [0.29, 0.717) is 0 Å². The Morgan fingerprint density at radius 3 is 2.65 bits per heavy atom. The van der Waals surface area contributed by atoms with E-state index >= 15 is 0 Å². The minimum atomic E-state index is 0.0411. The van der Waals surface area contributed by atoms with Gasteiger partial charge in [0.1, 0.15) is 0 Å². The van der Waals surface area contributed by atoms with Crippen LogP contribution in [0.5, 0.6) is 0 Å². The zero-order valence-electron chi connectivity index (χ0n) is 11.9. The molecule has 0 radical (unpaired) electrons. The Morgan fingerprint density at radius 1 is 1.20 bits per heavy atom. The van der Waals surface area contributed by atoms with Crippen LogP contribution in [0, 0.1) is 3.57 Å². The summed E-state index contributed by atoms with van der Waals surface area (Å²) in [5, 5.41) is 3.01. The highest BCUT2D eigenvalue weighted by molar-refractivity contribution is 14.1. The number of nitrogens with zero attached hydrogens (tertiary/aromatic N) is 1. The smallest absolute Gasteiger partial charge is 0.251 e. The largest absolute Gasteiger partial charge is 0.352 e. The van der Waals surface area contributed by atoms with Crippen molar-refractivity contribution in [3.05, 3.63) is 33.4 Å². The summed E-state index contributed by atoms with van der Waals surface area (Å²) in [4.78, 5) is 14.5. The third-order valence-electron chi connectivity index (χ3n) is 3.72. The minimum Gasteiger partial charge on any atom is -0.352 e. The van der Waals surface area contributed by atoms with Gasteiger partial charge in [0.15, 0.2) is 0 Å². The van der Waals surface area contributed by atoms with E-state index in [2.05, 4.69) is 32.8 Å². The van der Waals surface area contributed by atoms with Crippen LogP contribution in [0.4, 0.5) is 0 Å². The Balaban J connectivity index is 1.66. The summed E-state index contributed by atoms with van der Waals surface area (Å²) < 4.78 is 1.10. The fraction of sp³-hybridized carbons (Fsp3) is 0.562. The summed E-state index contributed by atoms with van der Waals surface area (Å²) >= 11 is 2.23. The predicted octanol–water partition coefficient (Wildman–Crippen LogP) is 3.29. The lowest BCUT2D eigenvalue weighted by Crippen LogP contribution is -2.30. The SMILES string of the molecule is O=C(NCCCN1CCCCCC1)c1cccc(I)c1. The number of benzene rings is 1. The van der Waals surface area contributed by atoms with Crippen molar-refractivity contribution >= 4 is 28.5 Å². The molecule has 1 amide bonds. The summed E-state index contributed by atoms with van der Waals surface area (Å²) in [6.45, 7) is 4.32. The monoisotopic (exact) mass is 386 g/mol. The molecule has 1 N–H and O–H groups in total. The summed E-state index contributed by atoms with van der Waals surface area (Å²) in [5.41, 5.74) is 0.756. The van der Waals surface area contributed by atoms with Crippen molar-refractivity contribution in [2.45, 2.75) is 32.1 Å². The number of likely N-dealkylation sites (tertiary alicyclic amines) is 1. The highest BCUT2D eigenvalue weighted by Gasteiger charge is 2.09. The van der Waals surface area contributed by atoms with Gasteiger partial charge in [0.2, 0.25) is 0 Å². The van der Waals surface area contributed by atoms with Gasteiger partial charge in [-0.3, -0.25) is 4.79 Å². The minimum absolute atomic E-state index is 0.0411. The quantitative estimate of drug-likeness (QED) is 0.622. The summed E-state index contributed by atoms with van der Waals surface area (Å²) in [6, 6.07) is 7.71. The molecule has 0 atom stereocenters. The third-order valence-corrected chi connectivity index (χ3v) is 4.39. The number of hydrogen-bond acceptors (Lipinski definition) is 2. The standard InChI is InChI=1S/C16H23IN2O/c17-15-8-5-7-14(13-15)16(20)18-9-6-12-19-10-3-1-2-4-11-19/h5,7-8,13H,1-4,6,9-12H2,(H,18,20). The van der Waals surface area contributed by atoms with Gasteiger partial charge in [0.25, 0.3) is 5.91 Å². The van der Waals surface area contributed by atoms with Crippen LogP contribution in [-0.2, 0) is 0 Å². The van der Waals surface area contributed by atoms with Crippen LogP contribution in [0.2, 0.25) is 0 Å². The second kappa shape index (κ2) is 8.62. The zero-order chi connectivity index (χ0) is 14.2. The maximum Gasteiger partial charge on any atom is 0.251 e. The number of rotatable bonds is 5. The highest BCUT2D eigenvalue weighted by Crippen LogP contribution is 2.10. The molecule has 1 saturated heterocycles. The Morgan fingerprint density at radius 2 is 1.95 bits per heavy atom. The first kappa shape index (κ1) is 15.8. The van der Waals surface area contributed by atoms with Gasteiger partial charge in [-0.1, -0.05) is 18.9 Å². The fourth-order valence-corrected chi connectivity index (χ4v) is 3.14. The van der Waals surface area contributed by atoms with Crippen molar-refractivity contribution in [1.82, 2.24) is 10.2 Å². The van der Waals surface area contributed by atoms with Gasteiger partial charge in [-0.05, 0) is 79.7 Å². The molecule has 20 heavy (non-hydrogen) atoms. The number of carbonyl (C=O) groups is 1. The van der Waals surface area contributed by atoms with Gasteiger partial charge >= 0.3 is 0 Å². The zero-order valence-corrected chi connectivity index (χ0v) is 14.1. The van der Waals surface area contributed by atoms with Crippen LogP contribution in [0.1, 0.15) is 42.5 Å². The predicted molar refractivity (Wildman–Crippen MR) is 91.0 cm³/mol. The van der Waals surface area contributed by atoms with E-state index in [4.69, 9.17) is 0 Å². The molecule has 3 nitrogen and oxygen atoms in total. The molecule has 0 aromatic heterocycles. The number of nitrogens with one attached hydrogen (secondary N) is 1. The molecule has 110 valence electrons. The molecule has 1 heterocycles. The molecule has 4 heteroatoms. The first-order valence-corrected chi connectivity index (χ1v) is 8.60. The molecular weight excluding hydrogens is 363 g/mol. The van der Waals surface area contributed by atoms with Crippen LogP contribution in [0.15, 0.2) is 24.3 Å². The second-order valence-electron chi connectivity index (χ2n) is 5.38. The Kier molecular flexibility index (Phi) is 6.79. The first-order chi connectivity index (χ1) is 9.75. The molecule has 1 aliphatic heterocycles. The number of carbonyl (C=O) groups excluding carboxylic acids is 1. The number of amides is 1. The molecule has 0 bridgehead atoms. The molecule has 1 aliphatic rings. The normalized spacial score (nSPS) is 16.6. The van der Waals surface area contributed by atoms with E-state index in [9.17, 15) is 4.79 Å². The van der Waals surface area contributed by atoms with Gasteiger partial charge < -0.3 is 10.2 Å². The average molecular weight is 386 g/mol. The van der Waals surface area contributed by atoms with Crippen LogP contribution >= 0.6 is 22.6 Å². The lowest BCUT2D eigenvalue weighted by atomic mass is 10.2. The van der Waals surface area contributed by atoms with Crippen LogP contribution in [0.3, 0.4) is 0 Å². The van der Waals surface area contributed by atoms with E-state index in [1.165, 1.54) is 38.8 Å². The van der Waals surface area contributed by atoms with Crippen LogP contribution in [0.25, 0.3) is 0 Å². The highest BCUT2D eigenvalue weighted by atomic mass is 127. The first-order valence-electron chi connectivity index (χ1n) is 7.52. The number of hydrogen-bond donors (Lipinski definition) is 1. The second-order valence-corrected chi connectivity index (χ2v) is 6.62. The van der Waals surface area contributed by atoms with Crippen molar-refractivity contribution in [3.8, 4) is 0 Å². The van der Waals surface area contributed by atoms with Gasteiger partial charge in [-0.25, -0.2) is 0 Å². The lowest BCUT2D eigenvalue weighted by molar-refractivity contribution is 0.0951. The molecular formula is C16H23IN2O. The number of halogens is 1. The summed E-state index contributed by atoms with van der Waals surface area (Å²) in [5.74, 6) is 0.0411. The lowest BCUT2D eigenvalue weighted by Gasteiger charge is -2.19. The average Bonchev–Trinajstić information content (AvgIpc) is 2.72. The van der Waals surface area contributed by atoms with E-state index in [-0.39, 0.29) is 5.91 Å². The van der Waals surface area contributed by atoms with Gasteiger partial charge in [-0.2, -0.15) is 0 Å². The van der Waals surface area contributed by atoms with Crippen molar-refractivity contribution in [3.63, 3.8) is 0 Å². The Hall–Kier alpha value is -0.620. The van der Waals surface area contributed by atoms with Crippen LogP contribution < -0.4 is 5.32 Å². The summed E-state index contributed by atoms with van der Waals surface area (Å²) in [7, 11) is 0. The van der Waals surface area contributed by atoms with Gasteiger partial charge in [-0.15, -0.1) is 0 Å². The third kappa shape index (κ3) is 5.40. The van der Waals surface area contributed by atoms with Crippen molar-refractivity contribution < 1.29 is 4.79 Å². The maximum absolute atomic E-state index is 12.0. The van der Waals surface area contributed by atoms with E-state index in [0.717, 1.165) is 28.6 Å². The van der Waals surface area contributed by atoms with E-state index in [1.54, 1.807) is 0 Å². The van der Waals surface area contributed by atoms with Gasteiger partial charge in [0, 0.05) is 15.7 Å². The molecule has 0 unspecified atom stereocenters. The molecule has 0 aliphatic carbocycles.